The van der Waals surface area contributed by atoms with Crippen molar-refractivity contribution in [1.82, 2.24) is 0 Å². The van der Waals surface area contributed by atoms with Crippen molar-refractivity contribution in [3.63, 3.8) is 0 Å². The Morgan fingerprint density at radius 3 is 2.40 bits per heavy atom. The summed E-state index contributed by atoms with van der Waals surface area (Å²) < 4.78 is 0. The third-order valence-corrected chi connectivity index (χ3v) is 1.85. The third-order valence-electron chi connectivity index (χ3n) is 1.85. The van der Waals surface area contributed by atoms with Crippen LogP contribution >= 0.6 is 0 Å². The Hall–Kier alpha value is -0.830. The van der Waals surface area contributed by atoms with Gasteiger partial charge in [-0.25, -0.2) is 0 Å². The molecule has 1 aliphatic carbocycles. The second kappa shape index (κ2) is 2.84. The number of hydrogen-bond acceptors (Lipinski definition) is 2. The molecule has 0 unspecified atom stereocenters. The molecule has 0 radical (unpaired) electrons. The molecule has 1 aliphatic rings. The van der Waals surface area contributed by atoms with Crippen molar-refractivity contribution < 1.29 is 4.79 Å². The SMILES string of the molecule is NC(=O)[C@H]1CC=CC[C@H]1N. The summed E-state index contributed by atoms with van der Waals surface area (Å²) in [5.41, 5.74) is 10.7. The molecule has 0 aromatic heterocycles. The third kappa shape index (κ3) is 1.36. The average molecular weight is 140 g/mol. The molecule has 3 nitrogen and oxygen atoms in total. The zero-order valence-corrected chi connectivity index (χ0v) is 5.79. The number of hydrogen-bond donors (Lipinski definition) is 2. The van der Waals surface area contributed by atoms with Gasteiger partial charge >= 0.3 is 0 Å². The first-order valence-electron chi connectivity index (χ1n) is 3.41. The first-order chi connectivity index (χ1) is 4.72. The fourth-order valence-corrected chi connectivity index (χ4v) is 1.16. The molecule has 0 saturated heterocycles. The molecule has 1 amide bonds. The normalized spacial score (nSPS) is 32.1. The maximum atomic E-state index is 10.7. The number of rotatable bonds is 1. The van der Waals surface area contributed by atoms with Gasteiger partial charge in [-0.2, -0.15) is 0 Å². The lowest BCUT2D eigenvalue weighted by Crippen LogP contribution is -2.39. The summed E-state index contributed by atoms with van der Waals surface area (Å²) in [4.78, 5) is 10.7. The first-order valence-corrected chi connectivity index (χ1v) is 3.41. The second-order valence-corrected chi connectivity index (χ2v) is 2.62. The van der Waals surface area contributed by atoms with Crippen LogP contribution in [0.25, 0.3) is 0 Å². The van der Waals surface area contributed by atoms with Gasteiger partial charge in [0.2, 0.25) is 5.91 Å². The summed E-state index contributed by atoms with van der Waals surface area (Å²) in [7, 11) is 0. The van der Waals surface area contributed by atoms with Crippen molar-refractivity contribution in [2.75, 3.05) is 0 Å². The van der Waals surface area contributed by atoms with E-state index in [2.05, 4.69) is 0 Å². The van der Waals surface area contributed by atoms with E-state index in [1.165, 1.54) is 0 Å². The van der Waals surface area contributed by atoms with Gasteiger partial charge in [-0.05, 0) is 12.8 Å². The fraction of sp³-hybridized carbons (Fsp3) is 0.571. The molecule has 0 aromatic rings. The second-order valence-electron chi connectivity index (χ2n) is 2.62. The van der Waals surface area contributed by atoms with Crippen LogP contribution in [0.4, 0.5) is 0 Å². The minimum Gasteiger partial charge on any atom is -0.369 e. The molecule has 1 rings (SSSR count). The molecule has 0 heterocycles. The molecule has 0 bridgehead atoms. The van der Waals surface area contributed by atoms with Gasteiger partial charge in [0, 0.05) is 6.04 Å². The van der Waals surface area contributed by atoms with E-state index in [-0.39, 0.29) is 17.9 Å². The Morgan fingerprint density at radius 2 is 2.00 bits per heavy atom. The summed E-state index contributed by atoms with van der Waals surface area (Å²) in [5.74, 6) is -0.429. The van der Waals surface area contributed by atoms with Crippen molar-refractivity contribution in [2.24, 2.45) is 17.4 Å². The number of allylic oxidation sites excluding steroid dienone is 1. The summed E-state index contributed by atoms with van der Waals surface area (Å²) in [6.07, 6.45) is 5.42. The van der Waals surface area contributed by atoms with Crippen molar-refractivity contribution in [3.05, 3.63) is 12.2 Å². The van der Waals surface area contributed by atoms with Crippen molar-refractivity contribution in [2.45, 2.75) is 18.9 Å². The summed E-state index contributed by atoms with van der Waals surface area (Å²) >= 11 is 0. The standard InChI is InChI=1S/C7H12N2O/c8-6-4-2-1-3-5(6)7(9)10/h1-2,5-6H,3-4,8H2,(H2,9,10)/t5-,6+/m0/s1. The van der Waals surface area contributed by atoms with Gasteiger partial charge in [0.05, 0.1) is 5.92 Å². The van der Waals surface area contributed by atoms with Gasteiger partial charge < -0.3 is 11.5 Å². The number of primary amides is 1. The van der Waals surface area contributed by atoms with Gasteiger partial charge in [-0.1, -0.05) is 12.2 Å². The van der Waals surface area contributed by atoms with Crippen molar-refractivity contribution >= 4 is 5.91 Å². The Morgan fingerprint density at radius 1 is 1.40 bits per heavy atom. The molecular weight excluding hydrogens is 128 g/mol. The zero-order valence-electron chi connectivity index (χ0n) is 5.79. The van der Waals surface area contributed by atoms with Gasteiger partial charge in [-0.3, -0.25) is 4.79 Å². The molecule has 10 heavy (non-hydrogen) atoms. The topological polar surface area (TPSA) is 69.1 Å². The van der Waals surface area contributed by atoms with Crippen LogP contribution in [0.15, 0.2) is 12.2 Å². The molecular formula is C7H12N2O. The Kier molecular flexibility index (Phi) is 2.06. The van der Waals surface area contributed by atoms with Crippen LogP contribution < -0.4 is 11.5 Å². The van der Waals surface area contributed by atoms with Gasteiger partial charge in [-0.15, -0.1) is 0 Å². The van der Waals surface area contributed by atoms with E-state index in [4.69, 9.17) is 11.5 Å². The fourth-order valence-electron chi connectivity index (χ4n) is 1.16. The lowest BCUT2D eigenvalue weighted by molar-refractivity contribution is -0.122. The molecule has 0 saturated carbocycles. The molecule has 56 valence electrons. The highest BCUT2D eigenvalue weighted by molar-refractivity contribution is 5.77. The summed E-state index contributed by atoms with van der Waals surface area (Å²) in [6, 6.07) is -0.0671. The predicted molar refractivity (Wildman–Crippen MR) is 39.0 cm³/mol. The molecule has 0 spiro atoms. The maximum Gasteiger partial charge on any atom is 0.222 e. The van der Waals surface area contributed by atoms with Gasteiger partial charge in [0.25, 0.3) is 0 Å². The molecule has 4 N–H and O–H groups in total. The van der Waals surface area contributed by atoms with Gasteiger partial charge in [0.1, 0.15) is 0 Å². The molecule has 0 aliphatic heterocycles. The van der Waals surface area contributed by atoms with Gasteiger partial charge in [0.15, 0.2) is 0 Å². The van der Waals surface area contributed by atoms with E-state index < -0.39 is 0 Å². The van der Waals surface area contributed by atoms with Crippen LogP contribution in [0.2, 0.25) is 0 Å². The van der Waals surface area contributed by atoms with Crippen LogP contribution in [-0.2, 0) is 4.79 Å². The van der Waals surface area contributed by atoms with Crippen LogP contribution in [0.3, 0.4) is 0 Å². The van der Waals surface area contributed by atoms with Crippen LogP contribution in [0.1, 0.15) is 12.8 Å². The number of nitrogens with two attached hydrogens (primary N) is 2. The Labute approximate surface area is 60.1 Å². The van der Waals surface area contributed by atoms with E-state index in [0.717, 1.165) is 6.42 Å². The summed E-state index contributed by atoms with van der Waals surface area (Å²) in [6.45, 7) is 0. The highest BCUT2D eigenvalue weighted by atomic mass is 16.1. The van der Waals surface area contributed by atoms with Crippen molar-refractivity contribution in [1.29, 1.82) is 0 Å². The van der Waals surface area contributed by atoms with E-state index in [1.807, 2.05) is 12.2 Å². The van der Waals surface area contributed by atoms with E-state index >= 15 is 0 Å². The predicted octanol–water partition coefficient (Wildman–Crippen LogP) is -0.235. The van der Waals surface area contributed by atoms with E-state index in [0.29, 0.717) is 6.42 Å². The molecule has 2 atom stereocenters. The lowest BCUT2D eigenvalue weighted by atomic mass is 9.89. The van der Waals surface area contributed by atoms with E-state index in [1.54, 1.807) is 0 Å². The van der Waals surface area contributed by atoms with Crippen molar-refractivity contribution in [3.8, 4) is 0 Å². The highest BCUT2D eigenvalue weighted by Crippen LogP contribution is 2.16. The highest BCUT2D eigenvalue weighted by Gasteiger charge is 2.23. The average Bonchev–Trinajstić information content (AvgIpc) is 1.88. The first kappa shape index (κ1) is 7.28. The molecule has 3 heteroatoms. The van der Waals surface area contributed by atoms with E-state index in [9.17, 15) is 4.79 Å². The minimum absolute atomic E-state index is 0.0671. The van der Waals surface area contributed by atoms with Crippen LogP contribution in [0, 0.1) is 5.92 Å². The summed E-state index contributed by atoms with van der Waals surface area (Å²) in [5, 5.41) is 0. The van der Waals surface area contributed by atoms with Crippen LogP contribution in [-0.4, -0.2) is 11.9 Å². The molecule has 0 aromatic carbocycles. The largest absolute Gasteiger partial charge is 0.369 e. The minimum atomic E-state index is -0.281. The number of amides is 1. The van der Waals surface area contributed by atoms with Crippen LogP contribution in [0.5, 0.6) is 0 Å². The smallest absolute Gasteiger partial charge is 0.222 e. The number of carbonyl (C=O) groups excluding carboxylic acids is 1. The zero-order chi connectivity index (χ0) is 7.56. The molecule has 0 fully saturated rings. The Bertz CT molecular complexity index is 165. The number of carbonyl (C=O) groups is 1. The monoisotopic (exact) mass is 140 g/mol. The lowest BCUT2D eigenvalue weighted by Gasteiger charge is -2.21. The quantitative estimate of drug-likeness (QED) is 0.494. The Balaban J connectivity index is 2.59. The maximum absolute atomic E-state index is 10.7.